The van der Waals surface area contributed by atoms with E-state index in [1.807, 2.05) is 0 Å². The molecule has 0 amide bonds. The Morgan fingerprint density at radius 1 is 1.00 bits per heavy atom. The molecule has 1 aliphatic carbocycles. The van der Waals surface area contributed by atoms with Crippen LogP contribution in [0.3, 0.4) is 0 Å². The zero-order valence-electron chi connectivity index (χ0n) is 11.0. The minimum absolute atomic E-state index is 0.119. The molecule has 0 radical (unpaired) electrons. The number of carbonyl (C=O) groups excluding carboxylic acids is 1. The van der Waals surface area contributed by atoms with Crippen LogP contribution in [-0.2, 0) is 4.79 Å². The lowest BCUT2D eigenvalue weighted by atomic mass is 9.87. The van der Waals surface area contributed by atoms with Crippen molar-refractivity contribution in [3.05, 3.63) is 4.91 Å². The fraction of sp³-hybridized carbons (Fsp3) is 0.929. The summed E-state index contributed by atoms with van der Waals surface area (Å²) in [6.07, 6.45) is 11.0. The second-order valence-corrected chi connectivity index (χ2v) is 5.29. The van der Waals surface area contributed by atoms with E-state index in [0.29, 0.717) is 6.42 Å². The first-order valence-corrected chi connectivity index (χ1v) is 7.11. The van der Waals surface area contributed by atoms with Gasteiger partial charge >= 0.3 is 0 Å². The second kappa shape index (κ2) is 8.37. The number of nitroso groups, excluding NO2 is 1. The molecule has 1 fully saturated rings. The van der Waals surface area contributed by atoms with Crippen molar-refractivity contribution in [3.63, 3.8) is 0 Å². The van der Waals surface area contributed by atoms with Gasteiger partial charge in [-0.1, -0.05) is 50.1 Å². The van der Waals surface area contributed by atoms with Crippen molar-refractivity contribution >= 4 is 5.78 Å². The van der Waals surface area contributed by atoms with Gasteiger partial charge in [-0.05, 0) is 19.8 Å². The van der Waals surface area contributed by atoms with Gasteiger partial charge in [0.25, 0.3) is 0 Å². The summed E-state index contributed by atoms with van der Waals surface area (Å²) < 4.78 is 0. The summed E-state index contributed by atoms with van der Waals surface area (Å²) >= 11 is 0. The van der Waals surface area contributed by atoms with Crippen molar-refractivity contribution in [2.45, 2.75) is 77.2 Å². The molecular weight excluding hydrogens is 214 g/mol. The molecule has 0 N–H and O–H groups in total. The van der Waals surface area contributed by atoms with Gasteiger partial charge in [-0.15, -0.1) is 0 Å². The van der Waals surface area contributed by atoms with Gasteiger partial charge in [0.05, 0.1) is 6.04 Å². The number of ketones is 1. The molecule has 0 aliphatic heterocycles. The van der Waals surface area contributed by atoms with E-state index in [1.165, 1.54) is 32.1 Å². The SMILES string of the molecule is CC(N=O)C1CCCCCCCCCCC1=O. The van der Waals surface area contributed by atoms with E-state index < -0.39 is 0 Å². The van der Waals surface area contributed by atoms with Crippen molar-refractivity contribution in [2.24, 2.45) is 11.1 Å². The molecule has 1 saturated carbocycles. The molecule has 17 heavy (non-hydrogen) atoms. The van der Waals surface area contributed by atoms with Crippen LogP contribution in [0.5, 0.6) is 0 Å². The lowest BCUT2D eigenvalue weighted by Crippen LogP contribution is -2.24. The molecule has 0 heterocycles. The molecule has 0 saturated heterocycles. The van der Waals surface area contributed by atoms with E-state index in [4.69, 9.17) is 0 Å². The Morgan fingerprint density at radius 2 is 1.53 bits per heavy atom. The Labute approximate surface area is 104 Å². The number of hydrogen-bond acceptors (Lipinski definition) is 3. The van der Waals surface area contributed by atoms with Gasteiger partial charge in [0.15, 0.2) is 0 Å². The Kier molecular flexibility index (Phi) is 7.06. The molecule has 0 aromatic heterocycles. The molecule has 0 aromatic rings. The van der Waals surface area contributed by atoms with Crippen LogP contribution in [0, 0.1) is 10.8 Å². The monoisotopic (exact) mass is 239 g/mol. The zero-order valence-corrected chi connectivity index (χ0v) is 11.0. The Balaban J connectivity index is 2.50. The highest BCUT2D eigenvalue weighted by Crippen LogP contribution is 2.22. The molecule has 1 rings (SSSR count). The van der Waals surface area contributed by atoms with Crippen molar-refractivity contribution in [1.29, 1.82) is 0 Å². The molecular formula is C14H25NO2. The van der Waals surface area contributed by atoms with E-state index in [2.05, 4.69) is 5.18 Å². The van der Waals surface area contributed by atoms with Gasteiger partial charge < -0.3 is 0 Å². The number of hydrogen-bond donors (Lipinski definition) is 0. The number of nitrogens with zero attached hydrogens (tertiary/aromatic N) is 1. The van der Waals surface area contributed by atoms with E-state index in [1.54, 1.807) is 6.92 Å². The van der Waals surface area contributed by atoms with Crippen LogP contribution >= 0.6 is 0 Å². The topological polar surface area (TPSA) is 46.5 Å². The predicted octanol–water partition coefficient (Wildman–Crippen LogP) is 4.24. The highest BCUT2D eigenvalue weighted by Gasteiger charge is 2.24. The standard InChI is InChI=1S/C14H25NO2/c1-12(15-17)13-10-8-6-4-2-3-5-7-9-11-14(13)16/h12-13H,2-11H2,1H3. The van der Waals surface area contributed by atoms with Crippen LogP contribution in [0.15, 0.2) is 5.18 Å². The third kappa shape index (κ3) is 5.42. The van der Waals surface area contributed by atoms with Gasteiger partial charge in [0, 0.05) is 12.3 Å². The van der Waals surface area contributed by atoms with Gasteiger partial charge in [-0.25, -0.2) is 0 Å². The molecule has 1 aliphatic rings. The van der Waals surface area contributed by atoms with Crippen LogP contribution in [0.2, 0.25) is 0 Å². The summed E-state index contributed by atoms with van der Waals surface area (Å²) in [5.74, 6) is 0.143. The fourth-order valence-corrected chi connectivity index (χ4v) is 2.65. The van der Waals surface area contributed by atoms with Crippen molar-refractivity contribution in [1.82, 2.24) is 0 Å². The van der Waals surface area contributed by atoms with Crippen LogP contribution < -0.4 is 0 Å². The van der Waals surface area contributed by atoms with E-state index >= 15 is 0 Å². The lowest BCUT2D eigenvalue weighted by Gasteiger charge is -2.18. The van der Waals surface area contributed by atoms with Crippen molar-refractivity contribution in [3.8, 4) is 0 Å². The quantitative estimate of drug-likeness (QED) is 0.676. The highest BCUT2D eigenvalue weighted by atomic mass is 16.3. The highest BCUT2D eigenvalue weighted by molar-refractivity contribution is 5.81. The summed E-state index contributed by atoms with van der Waals surface area (Å²) in [4.78, 5) is 22.7. The van der Waals surface area contributed by atoms with Gasteiger partial charge in [0.2, 0.25) is 0 Å². The Hall–Kier alpha value is -0.730. The third-order valence-corrected chi connectivity index (χ3v) is 3.85. The molecule has 2 unspecified atom stereocenters. The third-order valence-electron chi connectivity index (χ3n) is 3.85. The van der Waals surface area contributed by atoms with E-state index in [-0.39, 0.29) is 17.7 Å². The second-order valence-electron chi connectivity index (χ2n) is 5.29. The molecule has 0 spiro atoms. The maximum atomic E-state index is 12.0. The molecule has 0 aromatic carbocycles. The maximum Gasteiger partial charge on any atom is 0.138 e. The Bertz CT molecular complexity index is 240. The predicted molar refractivity (Wildman–Crippen MR) is 69.9 cm³/mol. The molecule has 3 heteroatoms. The van der Waals surface area contributed by atoms with Crippen LogP contribution in [0.25, 0.3) is 0 Å². The van der Waals surface area contributed by atoms with E-state index in [9.17, 15) is 9.70 Å². The van der Waals surface area contributed by atoms with Gasteiger partial charge in [0.1, 0.15) is 5.78 Å². The number of Topliss-reactive ketones (excluding diaryl/α,β-unsaturated/α-hetero) is 1. The minimum Gasteiger partial charge on any atom is -0.299 e. The largest absolute Gasteiger partial charge is 0.299 e. The fourth-order valence-electron chi connectivity index (χ4n) is 2.65. The summed E-state index contributed by atoms with van der Waals surface area (Å²) in [5, 5.41) is 3.06. The molecule has 98 valence electrons. The van der Waals surface area contributed by atoms with Gasteiger partial charge in [-0.3, -0.25) is 4.79 Å². The van der Waals surface area contributed by atoms with Gasteiger partial charge in [-0.2, -0.15) is 4.91 Å². The van der Waals surface area contributed by atoms with Crippen LogP contribution in [0.1, 0.15) is 71.1 Å². The first-order valence-electron chi connectivity index (χ1n) is 7.11. The first-order chi connectivity index (χ1) is 8.25. The average Bonchev–Trinajstić information content (AvgIpc) is 2.33. The Morgan fingerprint density at radius 3 is 2.12 bits per heavy atom. The summed E-state index contributed by atoms with van der Waals surface area (Å²) in [6.45, 7) is 1.78. The van der Waals surface area contributed by atoms with Crippen LogP contribution in [-0.4, -0.2) is 11.8 Å². The smallest absolute Gasteiger partial charge is 0.138 e. The molecule has 3 nitrogen and oxygen atoms in total. The van der Waals surface area contributed by atoms with Crippen molar-refractivity contribution < 1.29 is 4.79 Å². The maximum absolute atomic E-state index is 12.0. The molecule has 2 atom stereocenters. The summed E-state index contributed by atoms with van der Waals surface area (Å²) in [7, 11) is 0. The normalized spacial score (nSPS) is 26.6. The minimum atomic E-state index is -0.342. The van der Waals surface area contributed by atoms with E-state index in [0.717, 1.165) is 25.7 Å². The first kappa shape index (κ1) is 14.3. The summed E-state index contributed by atoms with van der Waals surface area (Å²) in [5.41, 5.74) is 0. The number of carbonyl (C=O) groups is 1. The zero-order chi connectivity index (χ0) is 12.5. The summed E-state index contributed by atoms with van der Waals surface area (Å²) in [6, 6.07) is -0.342. The molecule has 0 bridgehead atoms. The number of rotatable bonds is 2. The van der Waals surface area contributed by atoms with Crippen LogP contribution in [0.4, 0.5) is 0 Å². The van der Waals surface area contributed by atoms with Crippen molar-refractivity contribution in [2.75, 3.05) is 0 Å². The average molecular weight is 239 g/mol. The lowest BCUT2D eigenvalue weighted by molar-refractivity contribution is -0.123.